The van der Waals surface area contributed by atoms with E-state index in [-0.39, 0.29) is 11.6 Å². The number of H-pyrrole nitrogens is 1. The summed E-state index contributed by atoms with van der Waals surface area (Å²) < 4.78 is 5.60. The van der Waals surface area contributed by atoms with Gasteiger partial charge < -0.3 is 9.72 Å². The van der Waals surface area contributed by atoms with Gasteiger partial charge in [0.25, 0.3) is 5.56 Å². The SMILES string of the molecule is COc1cc(C)ccc1CN1CCCC[C@@H]1c1cc(=O)[nH]c(-c2ccncc2)n1. The molecule has 4 rings (SSSR count). The van der Waals surface area contributed by atoms with Crippen molar-refractivity contribution in [2.24, 2.45) is 0 Å². The highest BCUT2D eigenvalue weighted by atomic mass is 16.5. The fourth-order valence-electron chi connectivity index (χ4n) is 4.01. The molecule has 1 N–H and O–H groups in total. The third-order valence-corrected chi connectivity index (χ3v) is 5.49. The van der Waals surface area contributed by atoms with Crippen molar-refractivity contribution >= 4 is 0 Å². The highest BCUT2D eigenvalue weighted by molar-refractivity contribution is 5.53. The Hall–Kier alpha value is -2.99. The van der Waals surface area contributed by atoms with E-state index in [1.165, 1.54) is 5.56 Å². The fraction of sp³-hybridized carbons (Fsp3) is 0.348. The van der Waals surface area contributed by atoms with Crippen LogP contribution in [0, 0.1) is 6.92 Å². The van der Waals surface area contributed by atoms with Gasteiger partial charge in [-0.3, -0.25) is 14.7 Å². The van der Waals surface area contributed by atoms with Crippen LogP contribution in [-0.4, -0.2) is 33.5 Å². The highest BCUT2D eigenvalue weighted by Crippen LogP contribution is 2.33. The molecule has 29 heavy (non-hydrogen) atoms. The lowest BCUT2D eigenvalue weighted by atomic mass is 9.97. The van der Waals surface area contributed by atoms with Gasteiger partial charge in [-0.2, -0.15) is 0 Å². The molecule has 0 saturated carbocycles. The van der Waals surface area contributed by atoms with Crippen LogP contribution in [0.3, 0.4) is 0 Å². The summed E-state index contributed by atoms with van der Waals surface area (Å²) in [6.07, 6.45) is 6.67. The number of benzene rings is 1. The van der Waals surface area contributed by atoms with E-state index in [1.54, 1.807) is 25.6 Å². The predicted molar refractivity (Wildman–Crippen MR) is 113 cm³/mol. The second-order valence-corrected chi connectivity index (χ2v) is 7.55. The van der Waals surface area contributed by atoms with Crippen LogP contribution in [0.25, 0.3) is 11.4 Å². The van der Waals surface area contributed by atoms with Gasteiger partial charge in [0.15, 0.2) is 0 Å². The maximum atomic E-state index is 12.4. The quantitative estimate of drug-likeness (QED) is 0.716. The highest BCUT2D eigenvalue weighted by Gasteiger charge is 2.26. The van der Waals surface area contributed by atoms with Gasteiger partial charge in [-0.1, -0.05) is 18.6 Å². The first-order valence-corrected chi connectivity index (χ1v) is 10.0. The number of piperidine rings is 1. The largest absolute Gasteiger partial charge is 0.496 e. The van der Waals surface area contributed by atoms with E-state index in [1.807, 2.05) is 12.1 Å². The van der Waals surface area contributed by atoms with Gasteiger partial charge in [0.1, 0.15) is 11.6 Å². The van der Waals surface area contributed by atoms with Crippen molar-refractivity contribution in [3.63, 3.8) is 0 Å². The standard InChI is InChI=1S/C23H26N4O2/c1-16-6-7-18(21(13-16)29-2)15-27-12-4-3-5-20(27)19-14-22(28)26-23(25-19)17-8-10-24-11-9-17/h6-11,13-14,20H,3-5,12,15H2,1-2H3,(H,25,26,28)/t20-/m1/s1. The summed E-state index contributed by atoms with van der Waals surface area (Å²) in [5.41, 5.74) is 3.90. The Morgan fingerprint density at radius 3 is 2.79 bits per heavy atom. The molecule has 1 saturated heterocycles. The van der Waals surface area contributed by atoms with Crippen molar-refractivity contribution < 1.29 is 4.74 Å². The molecule has 1 aliphatic heterocycles. The molecule has 3 heterocycles. The molecule has 1 aromatic carbocycles. The summed E-state index contributed by atoms with van der Waals surface area (Å²) >= 11 is 0. The predicted octanol–water partition coefficient (Wildman–Crippen LogP) is 3.88. The van der Waals surface area contributed by atoms with E-state index in [0.29, 0.717) is 5.82 Å². The van der Waals surface area contributed by atoms with Crippen LogP contribution in [-0.2, 0) is 6.54 Å². The number of nitrogens with one attached hydrogen (secondary N) is 1. The molecule has 1 aliphatic rings. The number of nitrogens with zero attached hydrogens (tertiary/aromatic N) is 3. The average molecular weight is 390 g/mol. The topological polar surface area (TPSA) is 71.1 Å². The fourth-order valence-corrected chi connectivity index (χ4v) is 4.01. The Balaban J connectivity index is 1.66. The first-order valence-electron chi connectivity index (χ1n) is 10.0. The summed E-state index contributed by atoms with van der Waals surface area (Å²) in [6, 6.07) is 11.8. The van der Waals surface area contributed by atoms with Gasteiger partial charge in [-0.15, -0.1) is 0 Å². The molecule has 1 fully saturated rings. The molecule has 2 aromatic heterocycles. The maximum Gasteiger partial charge on any atom is 0.251 e. The van der Waals surface area contributed by atoms with Crippen LogP contribution in [0.2, 0.25) is 0 Å². The van der Waals surface area contributed by atoms with Gasteiger partial charge in [0.05, 0.1) is 18.8 Å². The number of ether oxygens (including phenoxy) is 1. The normalized spacial score (nSPS) is 17.2. The minimum atomic E-state index is -0.125. The molecular weight excluding hydrogens is 364 g/mol. The van der Waals surface area contributed by atoms with Crippen LogP contribution in [0.15, 0.2) is 53.6 Å². The van der Waals surface area contributed by atoms with Gasteiger partial charge in [-0.25, -0.2) is 4.98 Å². The summed E-state index contributed by atoms with van der Waals surface area (Å²) in [5, 5.41) is 0. The Labute approximate surface area is 170 Å². The first kappa shape index (κ1) is 19.3. The van der Waals surface area contributed by atoms with Gasteiger partial charge in [0.2, 0.25) is 0 Å². The zero-order valence-corrected chi connectivity index (χ0v) is 16.9. The van der Waals surface area contributed by atoms with Crippen molar-refractivity contribution in [3.05, 3.63) is 76.0 Å². The monoisotopic (exact) mass is 390 g/mol. The molecular formula is C23H26N4O2. The van der Waals surface area contributed by atoms with Crippen LogP contribution in [0.4, 0.5) is 0 Å². The number of methoxy groups -OCH3 is 1. The summed E-state index contributed by atoms with van der Waals surface area (Å²) in [7, 11) is 1.71. The minimum Gasteiger partial charge on any atom is -0.496 e. The molecule has 3 aromatic rings. The van der Waals surface area contributed by atoms with E-state index < -0.39 is 0 Å². The molecule has 0 bridgehead atoms. The van der Waals surface area contributed by atoms with Crippen LogP contribution >= 0.6 is 0 Å². The van der Waals surface area contributed by atoms with Crippen molar-refractivity contribution in [2.45, 2.75) is 38.8 Å². The zero-order chi connectivity index (χ0) is 20.2. The first-order chi connectivity index (χ1) is 14.1. The van der Waals surface area contributed by atoms with Crippen LogP contribution in [0.5, 0.6) is 5.75 Å². The van der Waals surface area contributed by atoms with Gasteiger partial charge in [0, 0.05) is 36.1 Å². The Bertz CT molecular complexity index is 1030. The lowest BCUT2D eigenvalue weighted by Crippen LogP contribution is -2.34. The molecule has 6 heteroatoms. The van der Waals surface area contributed by atoms with E-state index >= 15 is 0 Å². The molecule has 0 unspecified atom stereocenters. The molecule has 0 aliphatic carbocycles. The summed E-state index contributed by atoms with van der Waals surface area (Å²) in [4.78, 5) is 26.5. The van der Waals surface area contributed by atoms with Crippen LogP contribution < -0.4 is 10.3 Å². The third-order valence-electron chi connectivity index (χ3n) is 5.49. The van der Waals surface area contributed by atoms with Gasteiger partial charge >= 0.3 is 0 Å². The molecule has 6 nitrogen and oxygen atoms in total. The number of likely N-dealkylation sites (tertiary alicyclic amines) is 1. The zero-order valence-electron chi connectivity index (χ0n) is 16.9. The number of aryl methyl sites for hydroxylation is 1. The lowest BCUT2D eigenvalue weighted by molar-refractivity contribution is 0.136. The van der Waals surface area contributed by atoms with Crippen molar-refractivity contribution in [3.8, 4) is 17.1 Å². The maximum absolute atomic E-state index is 12.4. The number of rotatable bonds is 5. The Morgan fingerprint density at radius 2 is 2.00 bits per heavy atom. The smallest absolute Gasteiger partial charge is 0.251 e. The molecule has 1 atom stereocenters. The number of pyridine rings is 1. The van der Waals surface area contributed by atoms with E-state index in [0.717, 1.165) is 54.9 Å². The second kappa shape index (κ2) is 8.57. The van der Waals surface area contributed by atoms with E-state index in [2.05, 4.69) is 40.0 Å². The van der Waals surface area contributed by atoms with Gasteiger partial charge in [-0.05, 0) is 50.1 Å². The summed E-state index contributed by atoms with van der Waals surface area (Å²) in [5.74, 6) is 1.50. The minimum absolute atomic E-state index is 0.109. The third kappa shape index (κ3) is 4.38. The lowest BCUT2D eigenvalue weighted by Gasteiger charge is -2.35. The number of hydrogen-bond acceptors (Lipinski definition) is 5. The van der Waals surface area contributed by atoms with E-state index in [4.69, 9.17) is 9.72 Å². The average Bonchev–Trinajstić information content (AvgIpc) is 2.75. The van der Waals surface area contributed by atoms with Crippen molar-refractivity contribution in [2.75, 3.05) is 13.7 Å². The van der Waals surface area contributed by atoms with Crippen molar-refractivity contribution in [1.82, 2.24) is 19.9 Å². The second-order valence-electron chi connectivity index (χ2n) is 7.55. The molecule has 0 spiro atoms. The Morgan fingerprint density at radius 1 is 1.17 bits per heavy atom. The number of aromatic amines is 1. The van der Waals surface area contributed by atoms with Crippen molar-refractivity contribution in [1.29, 1.82) is 0 Å². The summed E-state index contributed by atoms with van der Waals surface area (Å²) in [6.45, 7) is 3.81. The molecule has 150 valence electrons. The number of hydrogen-bond donors (Lipinski definition) is 1. The van der Waals surface area contributed by atoms with E-state index in [9.17, 15) is 4.79 Å². The molecule has 0 radical (unpaired) electrons. The molecule has 0 amide bonds. The number of aromatic nitrogens is 3. The Kier molecular flexibility index (Phi) is 5.71. The van der Waals surface area contributed by atoms with Crippen LogP contribution in [0.1, 0.15) is 42.1 Å².